The number of alkyl halides is 3. The molecule has 0 aliphatic heterocycles. The van der Waals surface area contributed by atoms with Gasteiger partial charge in [0.25, 0.3) is 5.91 Å². The minimum atomic E-state index is -4.64. The van der Waals surface area contributed by atoms with E-state index in [0.29, 0.717) is 5.56 Å². The molecular formula is C26H22F4N4O5. The SMILES string of the molecule is CCOc1cc(/C=N\NC(=O)C(=O)Nc2ccc(F)cc2)ccc1OCC(=O)Nc1ccccc1C(F)(F)F. The van der Waals surface area contributed by atoms with Crippen molar-refractivity contribution in [3.63, 3.8) is 0 Å². The number of anilines is 2. The van der Waals surface area contributed by atoms with E-state index in [9.17, 15) is 31.9 Å². The van der Waals surface area contributed by atoms with Gasteiger partial charge in [0.05, 0.1) is 24.1 Å². The zero-order chi connectivity index (χ0) is 28.4. The molecule has 9 nitrogen and oxygen atoms in total. The Morgan fingerprint density at radius 3 is 2.31 bits per heavy atom. The van der Waals surface area contributed by atoms with Crippen LogP contribution in [0.3, 0.4) is 0 Å². The summed E-state index contributed by atoms with van der Waals surface area (Å²) in [5.74, 6) is -3.07. The van der Waals surface area contributed by atoms with Gasteiger partial charge in [-0.25, -0.2) is 9.82 Å². The van der Waals surface area contributed by atoms with E-state index in [4.69, 9.17) is 9.47 Å². The third-order valence-corrected chi connectivity index (χ3v) is 4.82. The second-order valence-electron chi connectivity index (χ2n) is 7.68. The lowest BCUT2D eigenvalue weighted by molar-refractivity contribution is -0.137. The highest BCUT2D eigenvalue weighted by Crippen LogP contribution is 2.34. The zero-order valence-corrected chi connectivity index (χ0v) is 20.3. The molecule has 3 rings (SSSR count). The van der Waals surface area contributed by atoms with Gasteiger partial charge in [0.2, 0.25) is 0 Å². The molecule has 3 N–H and O–H groups in total. The fourth-order valence-corrected chi connectivity index (χ4v) is 3.10. The lowest BCUT2D eigenvalue weighted by Gasteiger charge is -2.15. The maximum atomic E-state index is 13.1. The zero-order valence-electron chi connectivity index (χ0n) is 20.3. The van der Waals surface area contributed by atoms with Crippen LogP contribution in [0.4, 0.5) is 28.9 Å². The lowest BCUT2D eigenvalue weighted by Crippen LogP contribution is -2.32. The number of hydrazone groups is 1. The first-order chi connectivity index (χ1) is 18.6. The number of halogens is 4. The number of amides is 3. The largest absolute Gasteiger partial charge is 0.490 e. The molecule has 0 aliphatic carbocycles. The Kier molecular flexibility index (Phi) is 9.57. The third-order valence-electron chi connectivity index (χ3n) is 4.82. The van der Waals surface area contributed by atoms with Crippen LogP contribution in [0, 0.1) is 5.82 Å². The van der Waals surface area contributed by atoms with Crippen LogP contribution in [-0.2, 0) is 20.6 Å². The predicted molar refractivity (Wildman–Crippen MR) is 134 cm³/mol. The summed E-state index contributed by atoms with van der Waals surface area (Å²) in [5.41, 5.74) is 1.30. The number of nitrogens with zero attached hydrogens (tertiary/aromatic N) is 1. The molecule has 0 bridgehead atoms. The summed E-state index contributed by atoms with van der Waals surface area (Å²) in [6.45, 7) is 1.33. The minimum Gasteiger partial charge on any atom is -0.490 e. The molecule has 3 aromatic rings. The van der Waals surface area contributed by atoms with Crippen LogP contribution >= 0.6 is 0 Å². The molecule has 0 heterocycles. The number of ether oxygens (including phenoxy) is 2. The first-order valence-electron chi connectivity index (χ1n) is 11.3. The lowest BCUT2D eigenvalue weighted by atomic mass is 10.1. The van der Waals surface area contributed by atoms with Gasteiger partial charge in [-0.3, -0.25) is 14.4 Å². The molecule has 0 aromatic heterocycles. The fraction of sp³-hybridized carbons (Fsp3) is 0.154. The van der Waals surface area contributed by atoms with E-state index in [0.717, 1.165) is 24.3 Å². The van der Waals surface area contributed by atoms with Crippen LogP contribution in [0.5, 0.6) is 11.5 Å². The molecule has 0 aliphatic rings. The van der Waals surface area contributed by atoms with E-state index in [1.165, 1.54) is 48.7 Å². The summed E-state index contributed by atoms with van der Waals surface area (Å²) < 4.78 is 63.3. The van der Waals surface area contributed by atoms with Crippen molar-refractivity contribution in [1.29, 1.82) is 0 Å². The number of carbonyl (C=O) groups excluding carboxylic acids is 3. The molecule has 204 valence electrons. The monoisotopic (exact) mass is 546 g/mol. The molecule has 0 radical (unpaired) electrons. The Hall–Kier alpha value is -4.94. The van der Waals surface area contributed by atoms with E-state index in [1.54, 1.807) is 6.92 Å². The van der Waals surface area contributed by atoms with Gasteiger partial charge in [-0.1, -0.05) is 12.1 Å². The predicted octanol–water partition coefficient (Wildman–Crippen LogP) is 4.35. The van der Waals surface area contributed by atoms with Crippen molar-refractivity contribution in [1.82, 2.24) is 5.43 Å². The Labute approximate surface area is 219 Å². The van der Waals surface area contributed by atoms with Crippen LogP contribution in [0.2, 0.25) is 0 Å². The first kappa shape index (κ1) is 28.6. The normalized spacial score (nSPS) is 11.1. The second kappa shape index (κ2) is 13.0. The Balaban J connectivity index is 1.58. The Bertz CT molecular complexity index is 1360. The van der Waals surface area contributed by atoms with Gasteiger partial charge in [0, 0.05) is 5.69 Å². The number of benzene rings is 3. The van der Waals surface area contributed by atoms with E-state index in [-0.39, 0.29) is 23.8 Å². The van der Waals surface area contributed by atoms with Crippen molar-refractivity contribution in [2.45, 2.75) is 13.1 Å². The van der Waals surface area contributed by atoms with E-state index < -0.39 is 47.6 Å². The molecular weight excluding hydrogens is 524 g/mol. The second-order valence-corrected chi connectivity index (χ2v) is 7.68. The van der Waals surface area contributed by atoms with Gasteiger partial charge in [0.15, 0.2) is 18.1 Å². The van der Waals surface area contributed by atoms with Crippen LogP contribution in [0.1, 0.15) is 18.1 Å². The number of hydrogen-bond donors (Lipinski definition) is 3. The number of rotatable bonds is 9. The Morgan fingerprint density at radius 1 is 0.897 bits per heavy atom. The van der Waals surface area contributed by atoms with Crippen molar-refractivity contribution in [3.8, 4) is 11.5 Å². The maximum Gasteiger partial charge on any atom is 0.418 e. The minimum absolute atomic E-state index is 0.135. The summed E-state index contributed by atoms with van der Waals surface area (Å²) in [4.78, 5) is 36.1. The van der Waals surface area contributed by atoms with Crippen LogP contribution in [0.15, 0.2) is 71.8 Å². The molecule has 13 heteroatoms. The number of hydrogen-bond acceptors (Lipinski definition) is 6. The van der Waals surface area contributed by atoms with Gasteiger partial charge < -0.3 is 20.1 Å². The summed E-state index contributed by atoms with van der Waals surface area (Å²) in [5, 5.41) is 8.16. The fourth-order valence-electron chi connectivity index (χ4n) is 3.10. The highest BCUT2D eigenvalue weighted by atomic mass is 19.4. The smallest absolute Gasteiger partial charge is 0.418 e. The van der Waals surface area contributed by atoms with Crippen molar-refractivity contribution < 1.29 is 41.4 Å². The van der Waals surface area contributed by atoms with Crippen LogP contribution in [0.25, 0.3) is 0 Å². The molecule has 39 heavy (non-hydrogen) atoms. The number of nitrogens with one attached hydrogen (secondary N) is 3. The molecule has 0 fully saturated rings. The molecule has 0 atom stereocenters. The Morgan fingerprint density at radius 2 is 1.62 bits per heavy atom. The van der Waals surface area contributed by atoms with Gasteiger partial charge in [0.1, 0.15) is 5.82 Å². The molecule has 0 saturated heterocycles. The highest BCUT2D eigenvalue weighted by molar-refractivity contribution is 6.39. The molecule has 0 saturated carbocycles. The van der Waals surface area contributed by atoms with Crippen molar-refractivity contribution in [2.75, 3.05) is 23.8 Å². The van der Waals surface area contributed by atoms with Gasteiger partial charge in [-0.05, 0) is 67.1 Å². The standard InChI is InChI=1S/C26H22F4N4O5/c1-2-38-22-13-16(14-31-34-25(37)24(36)32-18-10-8-17(27)9-11-18)7-12-21(22)39-15-23(35)33-20-6-4-3-5-19(20)26(28,29)30/h3-14H,2,15H2,1H3,(H,32,36)(H,33,35)(H,34,37)/b31-14-. The average Bonchev–Trinajstić information content (AvgIpc) is 2.89. The molecule has 3 amide bonds. The topological polar surface area (TPSA) is 118 Å². The van der Waals surface area contributed by atoms with Gasteiger partial charge in [-0.15, -0.1) is 0 Å². The summed E-state index contributed by atoms with van der Waals surface area (Å²) >= 11 is 0. The third kappa shape index (κ3) is 8.55. The van der Waals surface area contributed by atoms with Crippen molar-refractivity contribution in [3.05, 3.63) is 83.7 Å². The number of carbonyl (C=O) groups is 3. The van der Waals surface area contributed by atoms with E-state index in [2.05, 4.69) is 15.7 Å². The average molecular weight is 546 g/mol. The maximum absolute atomic E-state index is 13.1. The van der Waals surface area contributed by atoms with Crippen molar-refractivity contribution >= 4 is 35.3 Å². The summed E-state index contributed by atoms with van der Waals surface area (Å²) in [7, 11) is 0. The first-order valence-corrected chi connectivity index (χ1v) is 11.3. The number of para-hydroxylation sites is 1. The quantitative estimate of drug-likeness (QED) is 0.160. The van der Waals surface area contributed by atoms with Gasteiger partial charge >= 0.3 is 18.0 Å². The van der Waals surface area contributed by atoms with Gasteiger partial charge in [-0.2, -0.15) is 18.3 Å². The summed E-state index contributed by atoms with van der Waals surface area (Å²) in [6.07, 6.45) is -3.42. The molecule has 0 unspecified atom stereocenters. The van der Waals surface area contributed by atoms with E-state index >= 15 is 0 Å². The highest BCUT2D eigenvalue weighted by Gasteiger charge is 2.33. The van der Waals surface area contributed by atoms with E-state index in [1.807, 2.05) is 5.43 Å². The molecule has 0 spiro atoms. The van der Waals surface area contributed by atoms with Crippen LogP contribution in [-0.4, -0.2) is 37.1 Å². The van der Waals surface area contributed by atoms with Crippen LogP contribution < -0.4 is 25.5 Å². The molecule has 3 aromatic carbocycles. The summed E-state index contributed by atoms with van der Waals surface area (Å²) in [6, 6.07) is 13.8. The van der Waals surface area contributed by atoms with Crippen molar-refractivity contribution in [2.24, 2.45) is 5.10 Å².